The highest BCUT2D eigenvalue weighted by molar-refractivity contribution is 7.15. The van der Waals surface area contributed by atoms with E-state index >= 15 is 0 Å². The van der Waals surface area contributed by atoms with Crippen LogP contribution in [-0.4, -0.2) is 46.5 Å². The summed E-state index contributed by atoms with van der Waals surface area (Å²) in [5.41, 5.74) is 0.838. The molecule has 1 rings (SSSR count). The predicted molar refractivity (Wildman–Crippen MR) is 69.6 cm³/mol. The quantitative estimate of drug-likeness (QED) is 0.783. The number of thiazole rings is 1. The molecule has 2 amide bonds. The van der Waals surface area contributed by atoms with Gasteiger partial charge >= 0.3 is 11.8 Å². The van der Waals surface area contributed by atoms with Crippen molar-refractivity contribution in [3.63, 3.8) is 0 Å². The highest BCUT2D eigenvalue weighted by atomic mass is 32.1. The number of nitrogens with one attached hydrogen (secondary N) is 1. The Kier molecular flexibility index (Phi) is 5.24. The molecule has 0 saturated carbocycles. The molecule has 18 heavy (non-hydrogen) atoms. The monoisotopic (exact) mass is 271 g/mol. The minimum atomic E-state index is -0.723. The van der Waals surface area contributed by atoms with Crippen LogP contribution in [0.4, 0.5) is 5.13 Å². The third kappa shape index (κ3) is 3.51. The van der Waals surface area contributed by atoms with E-state index in [1.165, 1.54) is 16.2 Å². The summed E-state index contributed by atoms with van der Waals surface area (Å²) in [6.45, 7) is 5.85. The average Bonchev–Trinajstić information content (AvgIpc) is 2.64. The molecule has 1 aromatic heterocycles. The summed E-state index contributed by atoms with van der Waals surface area (Å²) < 4.78 is 0. The third-order valence-electron chi connectivity index (χ3n) is 2.48. The number of rotatable bonds is 4. The maximum Gasteiger partial charge on any atom is 0.315 e. The summed E-state index contributed by atoms with van der Waals surface area (Å²) in [6, 6.07) is 0. The maximum absolute atomic E-state index is 11.7. The second-order valence-corrected chi connectivity index (χ2v) is 4.93. The van der Waals surface area contributed by atoms with Crippen molar-refractivity contribution in [1.29, 1.82) is 0 Å². The number of likely N-dealkylation sites (N-methyl/N-ethyl adjacent to an activating group) is 1. The molecular formula is C11H17N3O3S. The SMILES string of the molecule is CCN(CCO)C(=O)C(=O)Nc1nc(C)c(C)s1. The molecule has 0 unspecified atom stereocenters. The Balaban J connectivity index is 2.67. The number of anilines is 1. The Hall–Kier alpha value is -1.47. The molecule has 7 heteroatoms. The van der Waals surface area contributed by atoms with Crippen LogP contribution in [0.25, 0.3) is 0 Å². The van der Waals surface area contributed by atoms with Crippen molar-refractivity contribution in [3.05, 3.63) is 10.6 Å². The molecule has 0 spiro atoms. The molecule has 0 aromatic carbocycles. The smallest absolute Gasteiger partial charge is 0.315 e. The van der Waals surface area contributed by atoms with E-state index < -0.39 is 11.8 Å². The van der Waals surface area contributed by atoms with Crippen molar-refractivity contribution in [2.24, 2.45) is 0 Å². The zero-order valence-corrected chi connectivity index (χ0v) is 11.5. The van der Waals surface area contributed by atoms with Gasteiger partial charge < -0.3 is 10.0 Å². The fourth-order valence-electron chi connectivity index (χ4n) is 1.34. The molecule has 1 heterocycles. The Morgan fingerprint density at radius 3 is 2.56 bits per heavy atom. The fraction of sp³-hybridized carbons (Fsp3) is 0.545. The number of aryl methyl sites for hydroxylation is 2. The second-order valence-electron chi connectivity index (χ2n) is 3.72. The van der Waals surface area contributed by atoms with Gasteiger partial charge in [0.15, 0.2) is 5.13 Å². The number of hydrogen-bond acceptors (Lipinski definition) is 5. The number of aliphatic hydroxyl groups excluding tert-OH is 1. The van der Waals surface area contributed by atoms with Gasteiger partial charge in [0, 0.05) is 18.0 Å². The Morgan fingerprint density at radius 2 is 2.11 bits per heavy atom. The summed E-state index contributed by atoms with van der Waals surface area (Å²) in [5, 5.41) is 11.7. The van der Waals surface area contributed by atoms with Gasteiger partial charge in [0.1, 0.15) is 0 Å². The van der Waals surface area contributed by atoms with Crippen molar-refractivity contribution in [1.82, 2.24) is 9.88 Å². The zero-order valence-electron chi connectivity index (χ0n) is 10.7. The van der Waals surface area contributed by atoms with Gasteiger partial charge in [0.2, 0.25) is 0 Å². The fourth-order valence-corrected chi connectivity index (χ4v) is 2.15. The summed E-state index contributed by atoms with van der Waals surface area (Å²) in [6.07, 6.45) is 0. The van der Waals surface area contributed by atoms with Crippen molar-refractivity contribution in [2.45, 2.75) is 20.8 Å². The molecular weight excluding hydrogens is 254 g/mol. The lowest BCUT2D eigenvalue weighted by Gasteiger charge is -2.18. The van der Waals surface area contributed by atoms with E-state index in [0.717, 1.165) is 10.6 Å². The number of carbonyl (C=O) groups excluding carboxylic acids is 2. The normalized spacial score (nSPS) is 10.2. The van der Waals surface area contributed by atoms with Crippen LogP contribution in [0.2, 0.25) is 0 Å². The molecule has 0 atom stereocenters. The Labute approximate surface area is 110 Å². The van der Waals surface area contributed by atoms with Gasteiger partial charge in [0.05, 0.1) is 12.3 Å². The molecule has 0 fully saturated rings. The maximum atomic E-state index is 11.7. The Morgan fingerprint density at radius 1 is 1.44 bits per heavy atom. The molecule has 0 aliphatic rings. The van der Waals surface area contributed by atoms with Gasteiger partial charge in [-0.25, -0.2) is 4.98 Å². The summed E-state index contributed by atoms with van der Waals surface area (Å²) in [7, 11) is 0. The highest BCUT2D eigenvalue weighted by Gasteiger charge is 2.21. The first-order valence-electron chi connectivity index (χ1n) is 5.64. The molecule has 6 nitrogen and oxygen atoms in total. The molecule has 1 aromatic rings. The molecule has 0 aliphatic heterocycles. The molecule has 2 N–H and O–H groups in total. The number of aliphatic hydroxyl groups is 1. The number of carbonyl (C=O) groups is 2. The van der Waals surface area contributed by atoms with Crippen LogP contribution >= 0.6 is 11.3 Å². The zero-order chi connectivity index (χ0) is 13.7. The summed E-state index contributed by atoms with van der Waals surface area (Å²) in [4.78, 5) is 29.8. The molecule has 0 saturated heterocycles. The van der Waals surface area contributed by atoms with Gasteiger partial charge in [-0.15, -0.1) is 11.3 Å². The minimum Gasteiger partial charge on any atom is -0.395 e. The van der Waals surface area contributed by atoms with Crippen LogP contribution in [0.5, 0.6) is 0 Å². The van der Waals surface area contributed by atoms with Crippen LogP contribution in [0.1, 0.15) is 17.5 Å². The largest absolute Gasteiger partial charge is 0.395 e. The number of nitrogens with zero attached hydrogens (tertiary/aromatic N) is 2. The van der Waals surface area contributed by atoms with Crippen molar-refractivity contribution in [3.8, 4) is 0 Å². The van der Waals surface area contributed by atoms with Crippen molar-refractivity contribution in [2.75, 3.05) is 25.0 Å². The topological polar surface area (TPSA) is 82.5 Å². The first-order chi connectivity index (χ1) is 8.49. The van der Waals surface area contributed by atoms with E-state index in [1.54, 1.807) is 6.92 Å². The Bertz CT molecular complexity index is 425. The molecule has 0 aliphatic carbocycles. The number of amides is 2. The first-order valence-corrected chi connectivity index (χ1v) is 6.46. The lowest BCUT2D eigenvalue weighted by Crippen LogP contribution is -2.41. The van der Waals surface area contributed by atoms with Crippen LogP contribution in [0, 0.1) is 13.8 Å². The highest BCUT2D eigenvalue weighted by Crippen LogP contribution is 2.20. The summed E-state index contributed by atoms with van der Waals surface area (Å²) in [5.74, 6) is -1.38. The average molecular weight is 271 g/mol. The van der Waals surface area contributed by atoms with Crippen LogP contribution in [-0.2, 0) is 9.59 Å². The van der Waals surface area contributed by atoms with E-state index in [9.17, 15) is 9.59 Å². The number of aromatic nitrogens is 1. The van der Waals surface area contributed by atoms with Crippen LogP contribution in [0.3, 0.4) is 0 Å². The second kappa shape index (κ2) is 6.46. The summed E-state index contributed by atoms with van der Waals surface area (Å²) >= 11 is 1.33. The van der Waals surface area contributed by atoms with Gasteiger partial charge in [0.25, 0.3) is 0 Å². The van der Waals surface area contributed by atoms with Crippen LogP contribution < -0.4 is 5.32 Å². The van der Waals surface area contributed by atoms with Gasteiger partial charge in [-0.05, 0) is 20.8 Å². The molecule has 0 radical (unpaired) electrons. The number of hydrogen-bond donors (Lipinski definition) is 2. The first kappa shape index (κ1) is 14.6. The van der Waals surface area contributed by atoms with Gasteiger partial charge in [-0.3, -0.25) is 14.9 Å². The standard InChI is InChI=1S/C11H17N3O3S/c1-4-14(5-6-15)10(17)9(16)13-11-12-7(2)8(3)18-11/h15H,4-6H2,1-3H3,(H,12,13,16). The van der Waals surface area contributed by atoms with E-state index in [-0.39, 0.29) is 13.2 Å². The van der Waals surface area contributed by atoms with E-state index in [0.29, 0.717) is 11.7 Å². The molecule has 100 valence electrons. The van der Waals surface area contributed by atoms with Gasteiger partial charge in [-0.2, -0.15) is 0 Å². The lowest BCUT2D eigenvalue weighted by molar-refractivity contribution is -0.143. The lowest BCUT2D eigenvalue weighted by atomic mass is 10.4. The molecule has 0 bridgehead atoms. The van der Waals surface area contributed by atoms with Crippen molar-refractivity contribution < 1.29 is 14.7 Å². The van der Waals surface area contributed by atoms with E-state index in [2.05, 4.69) is 10.3 Å². The van der Waals surface area contributed by atoms with E-state index in [1.807, 2.05) is 13.8 Å². The minimum absolute atomic E-state index is 0.151. The third-order valence-corrected chi connectivity index (χ3v) is 3.47. The predicted octanol–water partition coefficient (Wildman–Crippen LogP) is 0.539. The van der Waals surface area contributed by atoms with E-state index in [4.69, 9.17) is 5.11 Å². The van der Waals surface area contributed by atoms with Gasteiger partial charge in [-0.1, -0.05) is 0 Å². The van der Waals surface area contributed by atoms with Crippen LogP contribution in [0.15, 0.2) is 0 Å². The van der Waals surface area contributed by atoms with Crippen molar-refractivity contribution >= 4 is 28.3 Å².